The molecule has 0 aromatic heterocycles. The summed E-state index contributed by atoms with van der Waals surface area (Å²) < 4.78 is 0. The molecule has 2 N–H and O–H groups in total. The van der Waals surface area contributed by atoms with Gasteiger partial charge in [-0.1, -0.05) is 6.42 Å². The smallest absolute Gasteiger partial charge is 0.0901 e. The van der Waals surface area contributed by atoms with Gasteiger partial charge in [0.2, 0.25) is 0 Å². The number of hydrogen-bond acceptors (Lipinski definition) is 0. The van der Waals surface area contributed by atoms with Gasteiger partial charge in [0, 0.05) is 17.7 Å². The molecule has 0 aromatic carbocycles. The molecule has 64 valence electrons. The highest BCUT2D eigenvalue weighted by Gasteiger charge is 2.36. The predicted molar refractivity (Wildman–Crippen MR) is 46.8 cm³/mol. The topological polar surface area (TPSA) is 16.6 Å². The number of alkyl halides is 1. The number of fused-ring (bicyclic) bond motifs is 1. The van der Waals surface area contributed by atoms with Crippen molar-refractivity contribution < 1.29 is 5.32 Å². The number of piperidine rings is 1. The first-order chi connectivity index (χ1) is 5.38. The van der Waals surface area contributed by atoms with E-state index in [4.69, 9.17) is 11.6 Å². The molecule has 3 atom stereocenters. The molecule has 1 nitrogen and oxygen atoms in total. The van der Waals surface area contributed by atoms with Crippen molar-refractivity contribution >= 4 is 11.6 Å². The van der Waals surface area contributed by atoms with Crippen LogP contribution in [0.15, 0.2) is 0 Å². The third-order valence-electron chi connectivity index (χ3n) is 3.25. The minimum atomic E-state index is 0.491. The third kappa shape index (κ3) is 1.54. The normalized spacial score (nSPS) is 45.0. The molecule has 2 heteroatoms. The maximum atomic E-state index is 6.27. The Balaban J connectivity index is 1.99. The van der Waals surface area contributed by atoms with Gasteiger partial charge in [-0.15, -0.1) is 11.6 Å². The van der Waals surface area contributed by atoms with Gasteiger partial charge in [0.05, 0.1) is 12.6 Å². The molecule has 11 heavy (non-hydrogen) atoms. The molecule has 2 aliphatic rings. The summed E-state index contributed by atoms with van der Waals surface area (Å²) in [4.78, 5) is 0. The van der Waals surface area contributed by atoms with Crippen LogP contribution in [0.3, 0.4) is 0 Å². The molecular weight excluding hydrogens is 158 g/mol. The van der Waals surface area contributed by atoms with E-state index < -0.39 is 0 Å². The quantitative estimate of drug-likeness (QED) is 0.531. The molecule has 0 bridgehead atoms. The average molecular weight is 175 g/mol. The highest BCUT2D eigenvalue weighted by molar-refractivity contribution is 6.20. The van der Waals surface area contributed by atoms with Gasteiger partial charge in [0.1, 0.15) is 0 Å². The average Bonchev–Trinajstić information content (AvgIpc) is 2.06. The minimum Gasteiger partial charge on any atom is -0.344 e. The van der Waals surface area contributed by atoms with E-state index in [0.717, 1.165) is 12.0 Å². The molecule has 1 saturated heterocycles. The summed E-state index contributed by atoms with van der Waals surface area (Å²) in [5, 5.41) is 3.01. The van der Waals surface area contributed by atoms with Gasteiger partial charge >= 0.3 is 0 Å². The SMILES string of the molecule is Cl[C@@H]1CC[NH2+][C@@H]2CCCC[C@H]12. The summed E-state index contributed by atoms with van der Waals surface area (Å²) >= 11 is 6.27. The molecule has 1 aliphatic carbocycles. The van der Waals surface area contributed by atoms with E-state index in [1.807, 2.05) is 0 Å². The van der Waals surface area contributed by atoms with Crippen LogP contribution in [0.2, 0.25) is 0 Å². The largest absolute Gasteiger partial charge is 0.344 e. The number of rotatable bonds is 0. The lowest BCUT2D eigenvalue weighted by molar-refractivity contribution is -0.706. The highest BCUT2D eigenvalue weighted by atomic mass is 35.5. The Hall–Kier alpha value is 0.250. The van der Waals surface area contributed by atoms with Gasteiger partial charge < -0.3 is 5.32 Å². The van der Waals surface area contributed by atoms with Gasteiger partial charge in [-0.3, -0.25) is 0 Å². The molecule has 1 heterocycles. The van der Waals surface area contributed by atoms with Crippen molar-refractivity contribution in [2.24, 2.45) is 5.92 Å². The summed E-state index contributed by atoms with van der Waals surface area (Å²) in [6.45, 7) is 1.26. The van der Waals surface area contributed by atoms with Crippen LogP contribution in [0.4, 0.5) is 0 Å². The monoisotopic (exact) mass is 174 g/mol. The zero-order valence-corrected chi connectivity index (χ0v) is 7.69. The lowest BCUT2D eigenvalue weighted by atomic mass is 9.79. The Bertz CT molecular complexity index is 136. The third-order valence-corrected chi connectivity index (χ3v) is 3.79. The van der Waals surface area contributed by atoms with Crippen molar-refractivity contribution in [1.82, 2.24) is 0 Å². The summed E-state index contributed by atoms with van der Waals surface area (Å²) in [5.74, 6) is 0.833. The first-order valence-electron chi connectivity index (χ1n) is 4.85. The van der Waals surface area contributed by atoms with Crippen LogP contribution in [0.5, 0.6) is 0 Å². The molecular formula is C9H17ClN+. The minimum absolute atomic E-state index is 0.491. The molecule has 2 rings (SSSR count). The molecule has 0 radical (unpaired) electrons. The second-order valence-electron chi connectivity index (χ2n) is 3.94. The first kappa shape index (κ1) is 7.88. The van der Waals surface area contributed by atoms with Crippen molar-refractivity contribution in [2.75, 3.05) is 6.54 Å². The van der Waals surface area contributed by atoms with E-state index in [2.05, 4.69) is 5.32 Å². The second kappa shape index (κ2) is 3.32. The van der Waals surface area contributed by atoms with Gasteiger partial charge in [0.15, 0.2) is 0 Å². The van der Waals surface area contributed by atoms with Gasteiger partial charge in [-0.2, -0.15) is 0 Å². The van der Waals surface area contributed by atoms with Crippen LogP contribution in [0, 0.1) is 5.92 Å². The van der Waals surface area contributed by atoms with Crippen LogP contribution in [0.1, 0.15) is 32.1 Å². The summed E-state index contributed by atoms with van der Waals surface area (Å²) in [5.41, 5.74) is 0. The van der Waals surface area contributed by atoms with E-state index in [-0.39, 0.29) is 0 Å². The van der Waals surface area contributed by atoms with Gasteiger partial charge in [0.25, 0.3) is 0 Å². The Morgan fingerprint density at radius 1 is 1.09 bits per heavy atom. The van der Waals surface area contributed by atoms with Gasteiger partial charge in [-0.05, 0) is 19.3 Å². The van der Waals surface area contributed by atoms with Crippen LogP contribution < -0.4 is 5.32 Å². The fourth-order valence-corrected chi connectivity index (χ4v) is 3.05. The number of halogens is 1. The van der Waals surface area contributed by atoms with Crippen LogP contribution in [0.25, 0.3) is 0 Å². The molecule has 1 saturated carbocycles. The highest BCUT2D eigenvalue weighted by Crippen LogP contribution is 2.30. The van der Waals surface area contributed by atoms with Crippen molar-refractivity contribution in [3.63, 3.8) is 0 Å². The Labute approximate surface area is 73.5 Å². The Morgan fingerprint density at radius 2 is 1.91 bits per heavy atom. The summed E-state index contributed by atoms with van der Waals surface area (Å²) in [6.07, 6.45) is 6.87. The van der Waals surface area contributed by atoms with E-state index in [0.29, 0.717) is 5.38 Å². The van der Waals surface area contributed by atoms with Crippen molar-refractivity contribution in [3.8, 4) is 0 Å². The molecule has 0 aromatic rings. The molecule has 0 amide bonds. The predicted octanol–water partition coefficient (Wildman–Crippen LogP) is 1.12. The standard InChI is InChI=1S/C9H16ClN/c10-8-5-6-11-9-4-2-1-3-7(8)9/h7-9,11H,1-6H2/p+1/t7-,8-,9-/m1/s1. The fraction of sp³-hybridized carbons (Fsp3) is 1.00. The lowest BCUT2D eigenvalue weighted by Gasteiger charge is -2.36. The van der Waals surface area contributed by atoms with E-state index in [9.17, 15) is 0 Å². The first-order valence-corrected chi connectivity index (χ1v) is 5.29. The van der Waals surface area contributed by atoms with E-state index in [1.165, 1.54) is 38.6 Å². The van der Waals surface area contributed by atoms with Crippen LogP contribution >= 0.6 is 11.6 Å². The summed E-state index contributed by atoms with van der Waals surface area (Å²) in [7, 11) is 0. The maximum Gasteiger partial charge on any atom is 0.0901 e. The number of quaternary nitrogens is 1. The molecule has 0 spiro atoms. The van der Waals surface area contributed by atoms with E-state index in [1.54, 1.807) is 0 Å². The Kier molecular flexibility index (Phi) is 2.38. The fourth-order valence-electron chi connectivity index (χ4n) is 2.61. The zero-order chi connectivity index (χ0) is 7.68. The second-order valence-corrected chi connectivity index (χ2v) is 4.50. The number of nitrogens with two attached hydrogens (primary N) is 1. The van der Waals surface area contributed by atoms with Crippen molar-refractivity contribution in [1.29, 1.82) is 0 Å². The molecule has 2 fully saturated rings. The number of hydrogen-bond donors (Lipinski definition) is 1. The zero-order valence-electron chi connectivity index (χ0n) is 6.93. The van der Waals surface area contributed by atoms with Crippen LogP contribution in [-0.2, 0) is 0 Å². The van der Waals surface area contributed by atoms with Crippen molar-refractivity contribution in [3.05, 3.63) is 0 Å². The maximum absolute atomic E-state index is 6.27. The van der Waals surface area contributed by atoms with Crippen molar-refractivity contribution in [2.45, 2.75) is 43.5 Å². The summed E-state index contributed by atoms with van der Waals surface area (Å²) in [6, 6.07) is 0.875. The van der Waals surface area contributed by atoms with E-state index >= 15 is 0 Å². The molecule has 0 unspecified atom stereocenters. The lowest BCUT2D eigenvalue weighted by Crippen LogP contribution is -2.94. The van der Waals surface area contributed by atoms with Crippen LogP contribution in [-0.4, -0.2) is 18.0 Å². The Morgan fingerprint density at radius 3 is 2.73 bits per heavy atom. The van der Waals surface area contributed by atoms with Gasteiger partial charge in [-0.25, -0.2) is 0 Å². The molecule has 1 aliphatic heterocycles.